The summed E-state index contributed by atoms with van der Waals surface area (Å²) >= 11 is 5.29. The molecule has 4 rings (SSSR count). The van der Waals surface area contributed by atoms with Gasteiger partial charge in [-0.25, -0.2) is 4.98 Å². The number of nitrogens with zero attached hydrogens (tertiary/aromatic N) is 2. The first-order valence-corrected chi connectivity index (χ1v) is 11.4. The second-order valence-corrected chi connectivity index (χ2v) is 7.95. The number of ether oxygens (including phenoxy) is 3. The molecule has 1 aromatic heterocycles. The van der Waals surface area contributed by atoms with Gasteiger partial charge in [-0.2, -0.15) is 0 Å². The number of hydrogen-bond donors (Lipinski definition) is 2. The SMILES string of the molecule is O=C(NC(=S)Nc1cccc(Oc2ccccc2)c1)c1ccc(OCCN2CCOCC2)nc1. The Bertz CT molecular complexity index is 1090. The number of pyridine rings is 1. The Morgan fingerprint density at radius 2 is 1.82 bits per heavy atom. The molecular formula is C25H26N4O4S. The normalized spacial score (nSPS) is 13.6. The van der Waals surface area contributed by atoms with Crippen molar-refractivity contribution < 1.29 is 19.0 Å². The van der Waals surface area contributed by atoms with Crippen LogP contribution in [0.15, 0.2) is 72.9 Å². The highest BCUT2D eigenvalue weighted by molar-refractivity contribution is 7.80. The van der Waals surface area contributed by atoms with Gasteiger partial charge >= 0.3 is 0 Å². The monoisotopic (exact) mass is 478 g/mol. The third-order valence-corrected chi connectivity index (χ3v) is 5.26. The number of rotatable bonds is 8. The van der Waals surface area contributed by atoms with Gasteiger partial charge in [0, 0.05) is 43.7 Å². The molecule has 0 spiro atoms. The molecule has 2 N–H and O–H groups in total. The van der Waals surface area contributed by atoms with Gasteiger partial charge in [-0.1, -0.05) is 24.3 Å². The number of carbonyl (C=O) groups is 1. The molecule has 3 aromatic rings. The van der Waals surface area contributed by atoms with Crippen molar-refractivity contribution in [1.82, 2.24) is 15.2 Å². The maximum atomic E-state index is 12.5. The van der Waals surface area contributed by atoms with Crippen molar-refractivity contribution in [2.75, 3.05) is 44.8 Å². The Balaban J connectivity index is 1.24. The molecule has 1 fully saturated rings. The predicted octanol–water partition coefficient (Wildman–Crippen LogP) is 3.71. The van der Waals surface area contributed by atoms with Gasteiger partial charge in [0.1, 0.15) is 18.1 Å². The molecule has 1 amide bonds. The molecule has 176 valence electrons. The number of amides is 1. The molecule has 0 radical (unpaired) electrons. The predicted molar refractivity (Wildman–Crippen MR) is 134 cm³/mol. The van der Waals surface area contributed by atoms with Crippen molar-refractivity contribution in [3.63, 3.8) is 0 Å². The van der Waals surface area contributed by atoms with E-state index in [1.165, 1.54) is 6.20 Å². The topological polar surface area (TPSA) is 85.0 Å². The summed E-state index contributed by atoms with van der Waals surface area (Å²) in [4.78, 5) is 19.0. The van der Waals surface area contributed by atoms with Crippen LogP contribution < -0.4 is 20.1 Å². The van der Waals surface area contributed by atoms with Crippen LogP contribution in [0.4, 0.5) is 5.69 Å². The van der Waals surface area contributed by atoms with E-state index in [4.69, 9.17) is 26.4 Å². The van der Waals surface area contributed by atoms with E-state index in [-0.39, 0.29) is 11.0 Å². The van der Waals surface area contributed by atoms with Crippen LogP contribution in [0.1, 0.15) is 10.4 Å². The lowest BCUT2D eigenvalue weighted by Gasteiger charge is -2.26. The lowest BCUT2D eigenvalue weighted by atomic mass is 10.2. The van der Waals surface area contributed by atoms with Gasteiger partial charge in [-0.3, -0.25) is 15.0 Å². The molecule has 2 heterocycles. The Morgan fingerprint density at radius 3 is 2.59 bits per heavy atom. The van der Waals surface area contributed by atoms with Crippen LogP contribution in [-0.2, 0) is 4.74 Å². The van der Waals surface area contributed by atoms with E-state index in [0.29, 0.717) is 29.5 Å². The zero-order valence-corrected chi connectivity index (χ0v) is 19.4. The average Bonchev–Trinajstić information content (AvgIpc) is 2.86. The van der Waals surface area contributed by atoms with Crippen molar-refractivity contribution in [3.8, 4) is 17.4 Å². The van der Waals surface area contributed by atoms with E-state index in [1.54, 1.807) is 18.2 Å². The molecule has 34 heavy (non-hydrogen) atoms. The minimum Gasteiger partial charge on any atom is -0.476 e. The second kappa shape index (κ2) is 12.1. The highest BCUT2D eigenvalue weighted by Gasteiger charge is 2.12. The summed E-state index contributed by atoms with van der Waals surface area (Å²) in [6, 6.07) is 20.1. The smallest absolute Gasteiger partial charge is 0.258 e. The maximum Gasteiger partial charge on any atom is 0.258 e. The molecule has 1 aliphatic rings. The Labute approximate surface area is 203 Å². The van der Waals surface area contributed by atoms with E-state index >= 15 is 0 Å². The van der Waals surface area contributed by atoms with Crippen LogP contribution in [0.3, 0.4) is 0 Å². The van der Waals surface area contributed by atoms with Crippen LogP contribution in [0.2, 0.25) is 0 Å². The van der Waals surface area contributed by atoms with Gasteiger partial charge in [-0.05, 0) is 42.5 Å². The molecule has 1 aliphatic heterocycles. The number of hydrogen-bond acceptors (Lipinski definition) is 7. The molecule has 0 unspecified atom stereocenters. The zero-order chi connectivity index (χ0) is 23.6. The first-order chi connectivity index (χ1) is 16.7. The summed E-state index contributed by atoms with van der Waals surface area (Å²) in [5, 5.41) is 5.83. The zero-order valence-electron chi connectivity index (χ0n) is 18.6. The highest BCUT2D eigenvalue weighted by atomic mass is 32.1. The lowest BCUT2D eigenvalue weighted by Crippen LogP contribution is -2.38. The fourth-order valence-electron chi connectivity index (χ4n) is 3.30. The van der Waals surface area contributed by atoms with Gasteiger partial charge in [0.2, 0.25) is 5.88 Å². The number of thiocarbonyl (C=S) groups is 1. The van der Waals surface area contributed by atoms with E-state index in [0.717, 1.165) is 38.6 Å². The molecule has 0 saturated carbocycles. The van der Waals surface area contributed by atoms with Crippen molar-refractivity contribution >= 4 is 28.9 Å². The molecule has 0 atom stereocenters. The minimum absolute atomic E-state index is 0.174. The number of carbonyl (C=O) groups excluding carboxylic acids is 1. The summed E-state index contributed by atoms with van der Waals surface area (Å²) in [5.41, 5.74) is 1.08. The molecule has 0 bridgehead atoms. The van der Waals surface area contributed by atoms with E-state index in [1.807, 2.05) is 48.5 Å². The first-order valence-electron chi connectivity index (χ1n) is 11.0. The van der Waals surface area contributed by atoms with Gasteiger partial charge < -0.3 is 19.5 Å². The molecule has 0 aliphatic carbocycles. The summed E-state index contributed by atoms with van der Waals surface area (Å²) in [6.45, 7) is 4.67. The quantitative estimate of drug-likeness (QED) is 0.474. The number of morpholine rings is 1. The van der Waals surface area contributed by atoms with Crippen molar-refractivity contribution in [2.45, 2.75) is 0 Å². The number of aromatic nitrogens is 1. The van der Waals surface area contributed by atoms with E-state index in [2.05, 4.69) is 20.5 Å². The first kappa shape index (κ1) is 23.6. The molecule has 8 nitrogen and oxygen atoms in total. The van der Waals surface area contributed by atoms with Crippen molar-refractivity contribution in [2.24, 2.45) is 0 Å². The summed E-state index contributed by atoms with van der Waals surface area (Å²) in [6.07, 6.45) is 1.47. The summed E-state index contributed by atoms with van der Waals surface area (Å²) < 4.78 is 16.8. The molecule has 1 saturated heterocycles. The van der Waals surface area contributed by atoms with Crippen LogP contribution in [0, 0.1) is 0 Å². The maximum absolute atomic E-state index is 12.5. The lowest BCUT2D eigenvalue weighted by molar-refractivity contribution is 0.0320. The minimum atomic E-state index is -0.360. The Kier molecular flexibility index (Phi) is 8.39. The fraction of sp³-hybridized carbons (Fsp3) is 0.240. The van der Waals surface area contributed by atoms with Gasteiger partial charge in [0.05, 0.1) is 18.8 Å². The second-order valence-electron chi connectivity index (χ2n) is 7.54. The highest BCUT2D eigenvalue weighted by Crippen LogP contribution is 2.23. The molecule has 2 aromatic carbocycles. The van der Waals surface area contributed by atoms with Crippen LogP contribution >= 0.6 is 12.2 Å². The van der Waals surface area contributed by atoms with E-state index < -0.39 is 0 Å². The van der Waals surface area contributed by atoms with E-state index in [9.17, 15) is 4.79 Å². The van der Waals surface area contributed by atoms with Crippen LogP contribution in [0.5, 0.6) is 17.4 Å². The van der Waals surface area contributed by atoms with Crippen LogP contribution in [0.25, 0.3) is 0 Å². The fourth-order valence-corrected chi connectivity index (χ4v) is 3.51. The average molecular weight is 479 g/mol. The number of anilines is 1. The van der Waals surface area contributed by atoms with Crippen molar-refractivity contribution in [3.05, 3.63) is 78.5 Å². The molecule has 9 heteroatoms. The third kappa shape index (κ3) is 7.24. The van der Waals surface area contributed by atoms with Crippen LogP contribution in [-0.4, -0.2) is 60.4 Å². The number of benzene rings is 2. The number of nitrogens with one attached hydrogen (secondary N) is 2. The van der Waals surface area contributed by atoms with Gasteiger partial charge in [0.25, 0.3) is 5.91 Å². The largest absolute Gasteiger partial charge is 0.476 e. The summed E-state index contributed by atoms with van der Waals surface area (Å²) in [7, 11) is 0. The van der Waals surface area contributed by atoms with Gasteiger partial charge in [-0.15, -0.1) is 0 Å². The Hall–Kier alpha value is -3.53. The number of para-hydroxylation sites is 1. The standard InChI is InChI=1S/C25H26N4O4S/c30-24(19-9-10-23(26-18-19)32-16-13-29-11-14-31-15-12-29)28-25(34)27-20-5-4-8-22(17-20)33-21-6-2-1-3-7-21/h1-10,17-18H,11-16H2,(H2,27,28,30,34). The Morgan fingerprint density at radius 1 is 1.03 bits per heavy atom. The summed E-state index contributed by atoms with van der Waals surface area (Å²) in [5.74, 6) is 1.50. The molecular weight excluding hydrogens is 452 g/mol. The van der Waals surface area contributed by atoms with Gasteiger partial charge in [0.15, 0.2) is 5.11 Å². The third-order valence-electron chi connectivity index (χ3n) is 5.06. The van der Waals surface area contributed by atoms with Crippen molar-refractivity contribution in [1.29, 1.82) is 0 Å².